The van der Waals surface area contributed by atoms with E-state index in [9.17, 15) is 13.2 Å². The van der Waals surface area contributed by atoms with Crippen molar-refractivity contribution < 1.29 is 22.7 Å². The smallest absolute Gasteiger partial charge is 0.340 e. The zero-order chi connectivity index (χ0) is 15.6. The molecule has 0 spiro atoms. The summed E-state index contributed by atoms with van der Waals surface area (Å²) in [6, 6.07) is 0. The third kappa shape index (κ3) is 3.14. The van der Waals surface area contributed by atoms with Gasteiger partial charge in [-0.25, -0.2) is 22.9 Å². The van der Waals surface area contributed by atoms with Gasteiger partial charge in [0, 0.05) is 25.5 Å². The van der Waals surface area contributed by atoms with Gasteiger partial charge in [-0.15, -0.1) is 0 Å². The summed E-state index contributed by atoms with van der Waals surface area (Å²) in [4.78, 5) is 14.7. The van der Waals surface area contributed by atoms with E-state index in [0.29, 0.717) is 6.54 Å². The van der Waals surface area contributed by atoms with Gasteiger partial charge in [0.25, 0.3) is 0 Å². The Morgan fingerprint density at radius 3 is 2.71 bits per heavy atom. The van der Waals surface area contributed by atoms with Crippen LogP contribution >= 0.6 is 0 Å². The Kier molecular flexibility index (Phi) is 4.14. The standard InChI is InChI=1S/C12H15N3O5S/c1-8-10(12(16)17)11(9(2)20-8)21(18,19)14-4-6-15-5-3-13-7-15/h3,5,7,14H,4,6H2,1-2H3,(H,16,17). The van der Waals surface area contributed by atoms with E-state index in [2.05, 4.69) is 9.71 Å². The van der Waals surface area contributed by atoms with Gasteiger partial charge >= 0.3 is 5.97 Å². The number of rotatable bonds is 6. The molecule has 2 aromatic heterocycles. The Bertz CT molecular complexity index is 746. The molecule has 0 fully saturated rings. The third-order valence-corrected chi connectivity index (χ3v) is 4.52. The number of aromatic nitrogens is 2. The number of aryl methyl sites for hydroxylation is 2. The molecule has 0 aliphatic rings. The minimum atomic E-state index is -3.96. The minimum absolute atomic E-state index is 0.0556. The fourth-order valence-corrected chi connectivity index (χ4v) is 3.46. The van der Waals surface area contributed by atoms with Crippen molar-refractivity contribution in [3.05, 3.63) is 35.8 Å². The fourth-order valence-electron chi connectivity index (χ4n) is 2.03. The first-order valence-corrected chi connectivity index (χ1v) is 7.60. The van der Waals surface area contributed by atoms with Crippen LogP contribution in [0.2, 0.25) is 0 Å². The van der Waals surface area contributed by atoms with E-state index in [1.165, 1.54) is 13.8 Å². The largest absolute Gasteiger partial charge is 0.478 e. The average Bonchev–Trinajstić information content (AvgIpc) is 2.96. The van der Waals surface area contributed by atoms with Crippen LogP contribution in [0, 0.1) is 13.8 Å². The average molecular weight is 313 g/mol. The molecule has 2 aromatic rings. The first kappa shape index (κ1) is 15.3. The van der Waals surface area contributed by atoms with Gasteiger partial charge in [-0.05, 0) is 13.8 Å². The van der Waals surface area contributed by atoms with Crippen molar-refractivity contribution in [2.75, 3.05) is 6.54 Å². The highest BCUT2D eigenvalue weighted by molar-refractivity contribution is 7.89. The van der Waals surface area contributed by atoms with Gasteiger partial charge in [-0.3, -0.25) is 0 Å². The molecule has 0 saturated carbocycles. The molecule has 0 atom stereocenters. The van der Waals surface area contributed by atoms with Crippen molar-refractivity contribution in [1.29, 1.82) is 0 Å². The van der Waals surface area contributed by atoms with Gasteiger partial charge in [0.05, 0.1) is 6.33 Å². The minimum Gasteiger partial charge on any atom is -0.478 e. The van der Waals surface area contributed by atoms with Crippen molar-refractivity contribution in [1.82, 2.24) is 14.3 Å². The summed E-state index contributed by atoms with van der Waals surface area (Å²) in [5, 5.41) is 9.13. The Morgan fingerprint density at radius 1 is 1.43 bits per heavy atom. The fraction of sp³-hybridized carbons (Fsp3) is 0.333. The van der Waals surface area contributed by atoms with Gasteiger partial charge in [0.2, 0.25) is 10.0 Å². The highest BCUT2D eigenvalue weighted by Crippen LogP contribution is 2.26. The van der Waals surface area contributed by atoms with Crippen molar-refractivity contribution in [3.63, 3.8) is 0 Å². The molecule has 0 bridgehead atoms. The Morgan fingerprint density at radius 2 is 2.14 bits per heavy atom. The van der Waals surface area contributed by atoms with Gasteiger partial charge in [0.1, 0.15) is 22.0 Å². The van der Waals surface area contributed by atoms with Crippen LogP contribution in [-0.2, 0) is 16.6 Å². The number of carboxylic acids is 1. The Balaban J connectivity index is 2.21. The number of furan rings is 1. The number of sulfonamides is 1. The number of carboxylic acid groups (broad SMARTS) is 1. The molecule has 0 aromatic carbocycles. The number of aromatic carboxylic acids is 1. The zero-order valence-corrected chi connectivity index (χ0v) is 12.3. The van der Waals surface area contributed by atoms with Crippen molar-refractivity contribution in [2.45, 2.75) is 25.3 Å². The lowest BCUT2D eigenvalue weighted by atomic mass is 10.2. The molecule has 0 saturated heterocycles. The SMILES string of the molecule is Cc1oc(C)c(S(=O)(=O)NCCn2ccnc2)c1C(=O)O. The molecule has 2 N–H and O–H groups in total. The lowest BCUT2D eigenvalue weighted by Gasteiger charge is -2.07. The third-order valence-electron chi connectivity index (χ3n) is 2.91. The first-order valence-electron chi connectivity index (χ1n) is 6.11. The van der Waals surface area contributed by atoms with E-state index in [-0.39, 0.29) is 28.5 Å². The Hall–Kier alpha value is -2.13. The predicted octanol–water partition coefficient (Wildman–Crippen LogP) is 0.770. The maximum Gasteiger partial charge on any atom is 0.340 e. The van der Waals surface area contributed by atoms with Gasteiger partial charge in [-0.2, -0.15) is 0 Å². The molecule has 0 aliphatic heterocycles. The number of carbonyl (C=O) groups is 1. The maximum absolute atomic E-state index is 12.3. The molecule has 8 nitrogen and oxygen atoms in total. The van der Waals surface area contributed by atoms with Crippen molar-refractivity contribution in [3.8, 4) is 0 Å². The van der Waals surface area contributed by atoms with E-state index in [1.807, 2.05) is 0 Å². The number of hydrogen-bond acceptors (Lipinski definition) is 5. The van der Waals surface area contributed by atoms with E-state index in [4.69, 9.17) is 9.52 Å². The molecule has 0 amide bonds. The predicted molar refractivity (Wildman–Crippen MR) is 72.6 cm³/mol. The number of nitrogens with one attached hydrogen (secondary N) is 1. The molecule has 0 radical (unpaired) electrons. The van der Waals surface area contributed by atoms with E-state index in [0.717, 1.165) is 0 Å². The second-order valence-electron chi connectivity index (χ2n) is 4.42. The molecule has 0 aliphatic carbocycles. The summed E-state index contributed by atoms with van der Waals surface area (Å²) in [5.41, 5.74) is -0.331. The van der Waals surface area contributed by atoms with Gasteiger partial charge in [-0.1, -0.05) is 0 Å². The van der Waals surface area contributed by atoms with Crippen LogP contribution in [0.3, 0.4) is 0 Å². The summed E-state index contributed by atoms with van der Waals surface area (Å²) < 4.78 is 33.7. The first-order chi connectivity index (χ1) is 9.83. The zero-order valence-electron chi connectivity index (χ0n) is 11.5. The molecule has 2 heterocycles. The maximum atomic E-state index is 12.3. The summed E-state index contributed by atoms with van der Waals surface area (Å²) in [7, 11) is -3.96. The highest BCUT2D eigenvalue weighted by atomic mass is 32.2. The molecular weight excluding hydrogens is 298 g/mol. The summed E-state index contributed by atoms with van der Waals surface area (Å²) >= 11 is 0. The van der Waals surface area contributed by atoms with Gasteiger partial charge in [0.15, 0.2) is 0 Å². The molecular formula is C12H15N3O5S. The van der Waals surface area contributed by atoms with Crippen LogP contribution in [0.5, 0.6) is 0 Å². The number of hydrogen-bond donors (Lipinski definition) is 2. The normalized spacial score (nSPS) is 11.7. The molecule has 21 heavy (non-hydrogen) atoms. The molecule has 114 valence electrons. The van der Waals surface area contributed by atoms with Crippen LogP contribution in [0.15, 0.2) is 28.0 Å². The summed E-state index contributed by atoms with van der Waals surface area (Å²) in [6.45, 7) is 3.34. The van der Waals surface area contributed by atoms with Gasteiger partial charge < -0.3 is 14.1 Å². The summed E-state index contributed by atoms with van der Waals surface area (Å²) in [5.74, 6) is -1.21. The lowest BCUT2D eigenvalue weighted by Crippen LogP contribution is -2.28. The van der Waals surface area contributed by atoms with Crippen LogP contribution in [0.25, 0.3) is 0 Å². The van der Waals surface area contributed by atoms with Crippen LogP contribution in [0.1, 0.15) is 21.9 Å². The van der Waals surface area contributed by atoms with Crippen LogP contribution in [-0.4, -0.2) is 35.6 Å². The number of nitrogens with zero attached hydrogens (tertiary/aromatic N) is 2. The van der Waals surface area contributed by atoms with Crippen LogP contribution < -0.4 is 4.72 Å². The molecule has 2 rings (SSSR count). The van der Waals surface area contributed by atoms with Crippen LogP contribution in [0.4, 0.5) is 0 Å². The summed E-state index contributed by atoms with van der Waals surface area (Å²) in [6.07, 6.45) is 4.84. The van der Waals surface area contributed by atoms with E-state index >= 15 is 0 Å². The topological polar surface area (TPSA) is 114 Å². The highest BCUT2D eigenvalue weighted by Gasteiger charge is 2.30. The Labute approximate surface area is 121 Å². The lowest BCUT2D eigenvalue weighted by molar-refractivity contribution is 0.0691. The monoisotopic (exact) mass is 313 g/mol. The quantitative estimate of drug-likeness (QED) is 0.814. The van der Waals surface area contributed by atoms with Crippen molar-refractivity contribution in [2.24, 2.45) is 0 Å². The van der Waals surface area contributed by atoms with E-state index in [1.54, 1.807) is 23.3 Å². The van der Waals surface area contributed by atoms with Crippen molar-refractivity contribution >= 4 is 16.0 Å². The molecule has 9 heteroatoms. The molecule has 0 unspecified atom stereocenters. The second kappa shape index (κ2) is 5.70. The second-order valence-corrected chi connectivity index (χ2v) is 6.13. The number of imidazole rings is 1. The van der Waals surface area contributed by atoms with E-state index < -0.39 is 16.0 Å².